The van der Waals surface area contributed by atoms with Crippen LogP contribution in [0.5, 0.6) is 0 Å². The zero-order valence-corrected chi connectivity index (χ0v) is 22.9. The van der Waals surface area contributed by atoms with E-state index in [0.717, 1.165) is 48.2 Å². The Morgan fingerprint density at radius 3 is 1.11 bits per heavy atom. The Bertz CT molecular complexity index is 1170. The SMILES string of the molecule is CCc1ccc(C=Nc2ccc(CCCCCCc3ccc(N=Cc4ccc(CC)cc4)cc3)cc2)cc1. The molecule has 0 aliphatic carbocycles. The number of hydrogen-bond acceptors (Lipinski definition) is 2. The maximum Gasteiger partial charge on any atom is 0.0630 e. The second kappa shape index (κ2) is 14.8. The number of hydrogen-bond donors (Lipinski definition) is 0. The molecule has 0 heterocycles. The second-order valence-electron chi connectivity index (χ2n) is 9.95. The van der Waals surface area contributed by atoms with Crippen molar-refractivity contribution in [3.05, 3.63) is 130 Å². The van der Waals surface area contributed by atoms with Gasteiger partial charge in [0.1, 0.15) is 0 Å². The molecule has 0 atom stereocenters. The Hall–Kier alpha value is -3.78. The van der Waals surface area contributed by atoms with Crippen LogP contribution in [0.15, 0.2) is 107 Å². The number of aliphatic imine (C=N–C) groups is 2. The monoisotopic (exact) mass is 500 g/mol. The van der Waals surface area contributed by atoms with Crippen LogP contribution in [0.1, 0.15) is 72.9 Å². The summed E-state index contributed by atoms with van der Waals surface area (Å²) in [4.78, 5) is 9.25. The molecule has 0 aliphatic rings. The van der Waals surface area contributed by atoms with E-state index in [1.807, 2.05) is 12.4 Å². The number of rotatable bonds is 13. The van der Waals surface area contributed by atoms with Crippen molar-refractivity contribution in [1.29, 1.82) is 0 Å². The summed E-state index contributed by atoms with van der Waals surface area (Å²) in [6, 6.07) is 34.6. The zero-order chi connectivity index (χ0) is 26.4. The molecule has 4 aromatic carbocycles. The molecule has 0 saturated carbocycles. The molecule has 0 spiro atoms. The molecule has 0 amide bonds. The minimum atomic E-state index is 1.01. The Morgan fingerprint density at radius 2 is 0.763 bits per heavy atom. The summed E-state index contributed by atoms with van der Waals surface area (Å²) in [7, 11) is 0. The molecule has 0 radical (unpaired) electrons. The summed E-state index contributed by atoms with van der Waals surface area (Å²) < 4.78 is 0. The van der Waals surface area contributed by atoms with E-state index in [9.17, 15) is 0 Å². The van der Waals surface area contributed by atoms with E-state index in [4.69, 9.17) is 0 Å². The standard InChI is InChI=1S/C36H40N2/c1-3-29-11-15-33(16-12-29)27-37-35-23-19-31(20-24-35)9-7-5-6-8-10-32-21-25-36(26-22-32)38-28-34-17-13-30(4-2)14-18-34/h11-28H,3-10H2,1-2H3. The minimum Gasteiger partial charge on any atom is -0.256 e. The molecule has 2 heteroatoms. The fourth-order valence-electron chi connectivity index (χ4n) is 4.49. The highest BCUT2D eigenvalue weighted by molar-refractivity contribution is 5.82. The van der Waals surface area contributed by atoms with Gasteiger partial charge in [0.2, 0.25) is 0 Å². The lowest BCUT2D eigenvalue weighted by Gasteiger charge is -2.04. The molecule has 4 aromatic rings. The normalized spacial score (nSPS) is 11.5. The van der Waals surface area contributed by atoms with Gasteiger partial charge in [-0.1, -0.05) is 99.5 Å². The Labute approximate surface area is 229 Å². The molecule has 0 saturated heterocycles. The van der Waals surface area contributed by atoms with Crippen LogP contribution in [-0.2, 0) is 25.7 Å². The van der Waals surface area contributed by atoms with Crippen LogP contribution in [0.4, 0.5) is 11.4 Å². The molecule has 194 valence electrons. The van der Waals surface area contributed by atoms with Crippen LogP contribution >= 0.6 is 0 Å². The fraction of sp³-hybridized carbons (Fsp3) is 0.278. The Morgan fingerprint density at radius 1 is 0.421 bits per heavy atom. The summed E-state index contributed by atoms with van der Waals surface area (Å²) >= 11 is 0. The first kappa shape index (κ1) is 27.3. The predicted octanol–water partition coefficient (Wildman–Crippen LogP) is 9.66. The third-order valence-electron chi connectivity index (χ3n) is 7.05. The van der Waals surface area contributed by atoms with Crippen LogP contribution in [0.3, 0.4) is 0 Å². The summed E-state index contributed by atoms with van der Waals surface area (Å²) in [5.74, 6) is 0. The molecule has 0 aliphatic heterocycles. The van der Waals surface area contributed by atoms with Crippen molar-refractivity contribution >= 4 is 23.8 Å². The predicted molar refractivity (Wildman–Crippen MR) is 165 cm³/mol. The van der Waals surface area contributed by atoms with E-state index in [1.54, 1.807) is 0 Å². The molecule has 38 heavy (non-hydrogen) atoms. The lowest BCUT2D eigenvalue weighted by atomic mass is 10.0. The van der Waals surface area contributed by atoms with E-state index >= 15 is 0 Å². The quantitative estimate of drug-likeness (QED) is 0.129. The van der Waals surface area contributed by atoms with Gasteiger partial charge in [0.05, 0.1) is 11.4 Å². The second-order valence-corrected chi connectivity index (χ2v) is 9.95. The first-order chi connectivity index (χ1) is 18.7. The van der Waals surface area contributed by atoms with Gasteiger partial charge in [0.15, 0.2) is 0 Å². The van der Waals surface area contributed by atoms with Crippen molar-refractivity contribution in [1.82, 2.24) is 0 Å². The average Bonchev–Trinajstić information content (AvgIpc) is 2.98. The lowest BCUT2D eigenvalue weighted by Crippen LogP contribution is -1.88. The fourth-order valence-corrected chi connectivity index (χ4v) is 4.49. The number of nitrogens with zero attached hydrogens (tertiary/aromatic N) is 2. The third kappa shape index (κ3) is 8.95. The van der Waals surface area contributed by atoms with E-state index in [-0.39, 0.29) is 0 Å². The summed E-state index contributed by atoms with van der Waals surface area (Å²) in [5.41, 5.74) is 9.81. The molecular formula is C36H40N2. The van der Waals surface area contributed by atoms with Crippen molar-refractivity contribution in [2.45, 2.75) is 65.2 Å². The van der Waals surface area contributed by atoms with Gasteiger partial charge in [0, 0.05) is 12.4 Å². The van der Waals surface area contributed by atoms with Gasteiger partial charge in [0.25, 0.3) is 0 Å². The maximum atomic E-state index is 4.63. The minimum absolute atomic E-state index is 1.01. The van der Waals surface area contributed by atoms with Crippen LogP contribution in [0.2, 0.25) is 0 Å². The van der Waals surface area contributed by atoms with Crippen molar-refractivity contribution in [3.8, 4) is 0 Å². The molecule has 4 rings (SSSR count). The molecule has 2 nitrogen and oxygen atoms in total. The van der Waals surface area contributed by atoms with Crippen molar-refractivity contribution in [3.63, 3.8) is 0 Å². The Kier molecular flexibility index (Phi) is 10.6. The van der Waals surface area contributed by atoms with Crippen molar-refractivity contribution < 1.29 is 0 Å². The van der Waals surface area contributed by atoms with Gasteiger partial charge in [-0.05, 0) is 96.2 Å². The summed E-state index contributed by atoms with van der Waals surface area (Å²) in [6.45, 7) is 4.35. The number of aryl methyl sites for hydroxylation is 4. The smallest absolute Gasteiger partial charge is 0.0630 e. The van der Waals surface area contributed by atoms with E-state index in [0.29, 0.717) is 0 Å². The Balaban J connectivity index is 1.11. The van der Waals surface area contributed by atoms with E-state index in [2.05, 4.69) is 121 Å². The van der Waals surface area contributed by atoms with Crippen LogP contribution in [-0.4, -0.2) is 12.4 Å². The van der Waals surface area contributed by atoms with Crippen LogP contribution in [0.25, 0.3) is 0 Å². The van der Waals surface area contributed by atoms with Crippen LogP contribution in [0, 0.1) is 0 Å². The average molecular weight is 501 g/mol. The molecule has 0 aromatic heterocycles. The molecule has 0 unspecified atom stereocenters. The maximum absolute atomic E-state index is 4.63. The molecule has 0 bridgehead atoms. The highest BCUT2D eigenvalue weighted by atomic mass is 14.7. The molecule has 0 fully saturated rings. The van der Waals surface area contributed by atoms with Crippen molar-refractivity contribution in [2.24, 2.45) is 9.98 Å². The zero-order valence-electron chi connectivity index (χ0n) is 22.9. The van der Waals surface area contributed by atoms with Gasteiger partial charge in [-0.25, -0.2) is 0 Å². The first-order valence-corrected chi connectivity index (χ1v) is 14.2. The topological polar surface area (TPSA) is 24.7 Å². The summed E-state index contributed by atoms with van der Waals surface area (Å²) in [6.07, 6.45) is 13.3. The van der Waals surface area contributed by atoms with Gasteiger partial charge in [-0.2, -0.15) is 0 Å². The van der Waals surface area contributed by atoms with Crippen LogP contribution < -0.4 is 0 Å². The van der Waals surface area contributed by atoms with Gasteiger partial charge >= 0.3 is 0 Å². The number of unbranched alkanes of at least 4 members (excludes halogenated alkanes) is 3. The third-order valence-corrected chi connectivity index (χ3v) is 7.05. The summed E-state index contributed by atoms with van der Waals surface area (Å²) in [5, 5.41) is 0. The van der Waals surface area contributed by atoms with Gasteiger partial charge < -0.3 is 0 Å². The van der Waals surface area contributed by atoms with Crippen molar-refractivity contribution in [2.75, 3.05) is 0 Å². The van der Waals surface area contributed by atoms with Gasteiger partial charge in [-0.3, -0.25) is 9.98 Å². The molecular weight excluding hydrogens is 460 g/mol. The lowest BCUT2D eigenvalue weighted by molar-refractivity contribution is 0.640. The highest BCUT2D eigenvalue weighted by Gasteiger charge is 1.98. The van der Waals surface area contributed by atoms with Gasteiger partial charge in [-0.15, -0.1) is 0 Å². The highest BCUT2D eigenvalue weighted by Crippen LogP contribution is 2.18. The largest absolute Gasteiger partial charge is 0.256 e. The van der Waals surface area contributed by atoms with E-state index < -0.39 is 0 Å². The molecule has 0 N–H and O–H groups in total. The van der Waals surface area contributed by atoms with E-state index in [1.165, 1.54) is 47.9 Å². The first-order valence-electron chi connectivity index (χ1n) is 14.2. The number of benzene rings is 4.